The Kier molecular flexibility index (Phi) is 7.16. The summed E-state index contributed by atoms with van der Waals surface area (Å²) < 4.78 is 37.4. The van der Waals surface area contributed by atoms with Crippen molar-refractivity contribution in [2.45, 2.75) is 59.2 Å². The van der Waals surface area contributed by atoms with Gasteiger partial charge in [-0.1, -0.05) is 6.07 Å². The van der Waals surface area contributed by atoms with Crippen LogP contribution in [-0.2, 0) is 21.1 Å². The number of ether oxygens (including phenoxy) is 1. The molecule has 2 N–H and O–H groups in total. The van der Waals surface area contributed by atoms with Gasteiger partial charge < -0.3 is 15.2 Å². The maximum absolute atomic E-state index is 16.1. The van der Waals surface area contributed by atoms with Crippen LogP contribution in [0, 0.1) is 34.9 Å². The van der Waals surface area contributed by atoms with Gasteiger partial charge in [-0.3, -0.25) is 14.2 Å². The van der Waals surface area contributed by atoms with Crippen LogP contribution in [0.5, 0.6) is 0 Å². The van der Waals surface area contributed by atoms with Gasteiger partial charge in [-0.25, -0.2) is 24.3 Å². The number of hydrogen-bond acceptors (Lipinski definition) is 9. The summed E-state index contributed by atoms with van der Waals surface area (Å²) in [5.41, 5.74) is -0.133. The van der Waals surface area contributed by atoms with Gasteiger partial charge in [0.2, 0.25) is 5.95 Å². The van der Waals surface area contributed by atoms with Crippen LogP contribution in [0.15, 0.2) is 29.9 Å². The van der Waals surface area contributed by atoms with Gasteiger partial charge in [0.15, 0.2) is 29.8 Å². The van der Waals surface area contributed by atoms with Crippen LogP contribution in [0.25, 0.3) is 33.1 Å². The SMILES string of the molecule is CC(C)(C)C(=O)OCn1cc(-c2nc(N[C@H]3C4CCC(CC4)[C@@H]3C(=O)O)c(F)c(-c3cccs3)n2)c2nc(F)cnc21. The molecule has 4 heterocycles. The number of nitrogens with zero attached hydrogens (tertiary/aromatic N) is 5. The lowest BCUT2D eigenvalue weighted by Gasteiger charge is -2.47. The smallest absolute Gasteiger partial charge is 0.312 e. The van der Waals surface area contributed by atoms with Crippen molar-refractivity contribution >= 4 is 40.3 Å². The Morgan fingerprint density at radius 3 is 2.55 bits per heavy atom. The molecule has 2 bridgehead atoms. The summed E-state index contributed by atoms with van der Waals surface area (Å²) in [4.78, 5) is 42.5. The molecule has 4 aromatic rings. The Hall–Kier alpha value is -4.00. The summed E-state index contributed by atoms with van der Waals surface area (Å²) in [5.74, 6) is -3.57. The highest BCUT2D eigenvalue weighted by Gasteiger charge is 2.47. The van der Waals surface area contributed by atoms with Crippen LogP contribution in [0.4, 0.5) is 14.6 Å². The van der Waals surface area contributed by atoms with Crippen molar-refractivity contribution in [2.75, 3.05) is 5.32 Å². The van der Waals surface area contributed by atoms with Gasteiger partial charge in [0.05, 0.1) is 28.0 Å². The van der Waals surface area contributed by atoms with Gasteiger partial charge >= 0.3 is 11.9 Å². The fourth-order valence-electron chi connectivity index (χ4n) is 6.05. The first kappa shape index (κ1) is 28.1. The van der Waals surface area contributed by atoms with E-state index in [4.69, 9.17) is 4.74 Å². The number of fused-ring (bicyclic) bond motifs is 4. The molecular formula is C29H30F2N6O4S. The van der Waals surface area contributed by atoms with E-state index in [2.05, 4.69) is 25.3 Å². The molecular weight excluding hydrogens is 566 g/mol. The summed E-state index contributed by atoms with van der Waals surface area (Å²) in [7, 11) is 0. The van der Waals surface area contributed by atoms with Crippen molar-refractivity contribution in [2.24, 2.45) is 23.2 Å². The number of aliphatic carboxylic acids is 1. The van der Waals surface area contributed by atoms with Crippen molar-refractivity contribution in [3.63, 3.8) is 0 Å². The van der Waals surface area contributed by atoms with E-state index in [1.165, 1.54) is 22.1 Å². The van der Waals surface area contributed by atoms with E-state index in [1.807, 2.05) is 0 Å². The molecule has 3 saturated carbocycles. The maximum Gasteiger partial charge on any atom is 0.312 e. The molecule has 0 aromatic carbocycles. The molecule has 0 spiro atoms. The number of thiophene rings is 1. The molecule has 220 valence electrons. The minimum atomic E-state index is -0.909. The van der Waals surface area contributed by atoms with Crippen LogP contribution in [-0.4, -0.2) is 47.6 Å². The highest BCUT2D eigenvalue weighted by molar-refractivity contribution is 7.13. The third-order valence-corrected chi connectivity index (χ3v) is 9.01. The molecule has 0 unspecified atom stereocenters. The Morgan fingerprint density at radius 1 is 1.14 bits per heavy atom. The molecule has 13 heteroatoms. The van der Waals surface area contributed by atoms with Crippen LogP contribution in [0.3, 0.4) is 0 Å². The molecule has 3 aliphatic carbocycles. The van der Waals surface area contributed by atoms with Gasteiger partial charge in [-0.2, -0.15) is 4.39 Å². The van der Waals surface area contributed by atoms with Crippen LogP contribution < -0.4 is 5.32 Å². The molecule has 3 aliphatic rings. The summed E-state index contributed by atoms with van der Waals surface area (Å²) in [6.07, 6.45) is 5.88. The third-order valence-electron chi connectivity index (χ3n) is 8.14. The van der Waals surface area contributed by atoms with Gasteiger partial charge in [0, 0.05) is 12.2 Å². The predicted molar refractivity (Wildman–Crippen MR) is 151 cm³/mol. The highest BCUT2D eigenvalue weighted by atomic mass is 32.1. The average molecular weight is 597 g/mol. The van der Waals surface area contributed by atoms with Crippen molar-refractivity contribution in [3.05, 3.63) is 41.7 Å². The molecule has 7 rings (SSSR count). The van der Waals surface area contributed by atoms with E-state index in [1.54, 1.807) is 38.3 Å². The molecule has 42 heavy (non-hydrogen) atoms. The van der Waals surface area contributed by atoms with E-state index in [-0.39, 0.29) is 52.6 Å². The number of aromatic nitrogens is 5. The van der Waals surface area contributed by atoms with Gasteiger partial charge in [0.1, 0.15) is 11.2 Å². The van der Waals surface area contributed by atoms with Crippen LogP contribution in [0.1, 0.15) is 46.5 Å². The minimum Gasteiger partial charge on any atom is -0.481 e. The normalized spacial score (nSPS) is 21.9. The molecule has 0 aliphatic heterocycles. The summed E-state index contributed by atoms with van der Waals surface area (Å²) in [5, 5.41) is 15.0. The van der Waals surface area contributed by atoms with Crippen LogP contribution in [0.2, 0.25) is 0 Å². The first-order valence-corrected chi connectivity index (χ1v) is 14.7. The third kappa shape index (κ3) is 5.10. The molecule has 3 fully saturated rings. The molecule has 0 amide bonds. The lowest BCUT2D eigenvalue weighted by Crippen LogP contribution is -2.51. The Balaban J connectivity index is 1.46. The number of carbonyl (C=O) groups is 2. The largest absolute Gasteiger partial charge is 0.481 e. The number of hydrogen-bond donors (Lipinski definition) is 2. The van der Waals surface area contributed by atoms with Gasteiger partial charge in [-0.15, -0.1) is 11.3 Å². The fraction of sp³-hybridized carbons (Fsp3) is 0.448. The second kappa shape index (κ2) is 10.7. The number of carboxylic acids is 1. The van der Waals surface area contributed by atoms with Crippen molar-refractivity contribution in [3.8, 4) is 22.0 Å². The second-order valence-electron chi connectivity index (χ2n) is 11.9. The van der Waals surface area contributed by atoms with E-state index in [0.29, 0.717) is 4.88 Å². The average Bonchev–Trinajstić information content (AvgIpc) is 3.61. The zero-order valence-electron chi connectivity index (χ0n) is 23.3. The van der Waals surface area contributed by atoms with E-state index in [9.17, 15) is 19.1 Å². The van der Waals surface area contributed by atoms with Gasteiger partial charge in [-0.05, 0) is 69.7 Å². The first-order valence-electron chi connectivity index (χ1n) is 13.8. The van der Waals surface area contributed by atoms with Crippen molar-refractivity contribution < 1.29 is 28.2 Å². The lowest BCUT2D eigenvalue weighted by molar-refractivity contribution is -0.156. The monoisotopic (exact) mass is 596 g/mol. The van der Waals surface area contributed by atoms with Crippen molar-refractivity contribution in [1.82, 2.24) is 24.5 Å². The number of nitrogens with one attached hydrogen (secondary N) is 1. The van der Waals surface area contributed by atoms with E-state index >= 15 is 4.39 Å². The summed E-state index contributed by atoms with van der Waals surface area (Å²) >= 11 is 1.29. The number of halogens is 2. The summed E-state index contributed by atoms with van der Waals surface area (Å²) in [6.45, 7) is 4.96. The zero-order valence-corrected chi connectivity index (χ0v) is 24.1. The Morgan fingerprint density at radius 2 is 1.88 bits per heavy atom. The fourth-order valence-corrected chi connectivity index (χ4v) is 6.75. The Labute approximate surface area is 244 Å². The van der Waals surface area contributed by atoms with Crippen molar-refractivity contribution in [1.29, 1.82) is 0 Å². The summed E-state index contributed by atoms with van der Waals surface area (Å²) in [6, 6.07) is 2.99. The topological polar surface area (TPSA) is 132 Å². The van der Waals surface area contributed by atoms with E-state index in [0.717, 1.165) is 31.9 Å². The second-order valence-corrected chi connectivity index (χ2v) is 12.9. The first-order chi connectivity index (χ1) is 20.0. The quantitative estimate of drug-likeness (QED) is 0.256. The maximum atomic E-state index is 16.1. The molecule has 10 nitrogen and oxygen atoms in total. The zero-order chi connectivity index (χ0) is 29.8. The number of anilines is 1. The number of rotatable bonds is 7. The highest BCUT2D eigenvalue weighted by Crippen LogP contribution is 2.47. The number of carboxylic acid groups (broad SMARTS) is 1. The van der Waals surface area contributed by atoms with E-state index < -0.39 is 41.1 Å². The standard InChI is InChI=1S/C29H30F2N6O4S/c1-29(2,3)28(40)41-13-37-12-16(22-26(37)32-11-18(30)33-22)24-35-23(17-5-4-10-42-17)20(31)25(36-24)34-21-15-8-6-14(7-9-15)19(21)27(38)39/h4-5,10-12,14-15,19,21H,6-9,13H2,1-3H3,(H,38,39)(H,34,35,36)/t14?,15?,19-,21-/m0/s1. The number of carbonyl (C=O) groups excluding carboxylic acids is 1. The minimum absolute atomic E-state index is 0.0122. The molecule has 0 radical (unpaired) electrons. The molecule has 2 atom stereocenters. The molecule has 4 aromatic heterocycles. The van der Waals surface area contributed by atoms with Crippen LogP contribution >= 0.6 is 11.3 Å². The Bertz CT molecular complexity index is 1660. The lowest BCUT2D eigenvalue weighted by atomic mass is 9.61. The van der Waals surface area contributed by atoms with Gasteiger partial charge in [0.25, 0.3) is 0 Å². The predicted octanol–water partition coefficient (Wildman–Crippen LogP) is 5.74. The molecule has 0 saturated heterocycles. The number of esters is 1.